The fraction of sp³-hybridized carbons (Fsp3) is 0.211. The lowest BCUT2D eigenvalue weighted by atomic mass is 10.2. The van der Waals surface area contributed by atoms with Gasteiger partial charge in [-0.25, -0.2) is 9.37 Å². The first-order valence-electron chi connectivity index (χ1n) is 8.36. The van der Waals surface area contributed by atoms with E-state index in [1.54, 1.807) is 16.8 Å². The molecule has 27 heavy (non-hydrogen) atoms. The van der Waals surface area contributed by atoms with Crippen LogP contribution >= 0.6 is 15.9 Å². The van der Waals surface area contributed by atoms with Crippen LogP contribution in [0, 0.1) is 5.82 Å². The predicted octanol–water partition coefficient (Wildman–Crippen LogP) is 3.87. The quantitative estimate of drug-likeness (QED) is 0.575. The topological polar surface area (TPSA) is 69.0 Å². The van der Waals surface area contributed by atoms with Crippen LogP contribution in [0.25, 0.3) is 0 Å². The van der Waals surface area contributed by atoms with E-state index in [9.17, 15) is 9.18 Å². The zero-order valence-corrected chi connectivity index (χ0v) is 16.2. The van der Waals surface area contributed by atoms with Gasteiger partial charge in [-0.3, -0.25) is 9.48 Å². The highest BCUT2D eigenvalue weighted by molar-refractivity contribution is 9.10. The van der Waals surface area contributed by atoms with Crippen LogP contribution in [0.4, 0.5) is 4.39 Å². The lowest BCUT2D eigenvalue weighted by Gasteiger charge is -2.11. The van der Waals surface area contributed by atoms with Crippen LogP contribution in [-0.2, 0) is 13.5 Å². The molecule has 0 aliphatic carbocycles. The fourth-order valence-corrected chi connectivity index (χ4v) is 2.93. The van der Waals surface area contributed by atoms with Crippen LogP contribution in [0.3, 0.4) is 0 Å². The zero-order valence-electron chi connectivity index (χ0n) is 14.7. The number of aromatic nitrogens is 3. The van der Waals surface area contributed by atoms with E-state index in [1.165, 1.54) is 24.4 Å². The van der Waals surface area contributed by atoms with Gasteiger partial charge >= 0.3 is 0 Å². The van der Waals surface area contributed by atoms with Gasteiger partial charge in [-0.15, -0.1) is 0 Å². The minimum absolute atomic E-state index is 0.162. The maximum absolute atomic E-state index is 13.2. The SMILES string of the molecule is Cn1cc(CCCNC(=O)c2cccnc2Oc2ccc(F)cc2Br)cn1. The first kappa shape index (κ1) is 19.0. The van der Waals surface area contributed by atoms with Crippen molar-refractivity contribution in [3.8, 4) is 11.6 Å². The van der Waals surface area contributed by atoms with Gasteiger partial charge in [0.1, 0.15) is 17.1 Å². The number of nitrogens with one attached hydrogen (secondary N) is 1. The number of pyridine rings is 1. The number of rotatable bonds is 7. The minimum Gasteiger partial charge on any atom is -0.437 e. The summed E-state index contributed by atoms with van der Waals surface area (Å²) >= 11 is 3.24. The first-order chi connectivity index (χ1) is 13.0. The van der Waals surface area contributed by atoms with Gasteiger partial charge in [0.15, 0.2) is 0 Å². The Morgan fingerprint density at radius 3 is 2.96 bits per heavy atom. The molecule has 0 fully saturated rings. The molecule has 1 aromatic carbocycles. The second kappa shape index (κ2) is 8.77. The molecule has 0 saturated carbocycles. The highest BCUT2D eigenvalue weighted by Crippen LogP contribution is 2.30. The van der Waals surface area contributed by atoms with Gasteiger partial charge < -0.3 is 10.1 Å². The van der Waals surface area contributed by atoms with E-state index >= 15 is 0 Å². The molecule has 2 aromatic heterocycles. The molecule has 0 saturated heterocycles. The van der Waals surface area contributed by atoms with Gasteiger partial charge in [-0.2, -0.15) is 5.10 Å². The Hall–Kier alpha value is -2.74. The summed E-state index contributed by atoms with van der Waals surface area (Å²) in [6.07, 6.45) is 6.92. The van der Waals surface area contributed by atoms with E-state index in [0.29, 0.717) is 22.3 Å². The lowest BCUT2D eigenvalue weighted by Crippen LogP contribution is -2.25. The maximum atomic E-state index is 13.2. The molecule has 3 rings (SSSR count). The second-order valence-corrected chi connectivity index (χ2v) is 6.77. The van der Waals surface area contributed by atoms with Crippen molar-refractivity contribution in [1.29, 1.82) is 0 Å². The third-order valence-corrected chi connectivity index (χ3v) is 4.42. The van der Waals surface area contributed by atoms with Crippen molar-refractivity contribution in [1.82, 2.24) is 20.1 Å². The summed E-state index contributed by atoms with van der Waals surface area (Å²) in [5.41, 5.74) is 1.44. The molecule has 6 nitrogen and oxygen atoms in total. The van der Waals surface area contributed by atoms with Crippen molar-refractivity contribution in [3.05, 3.63) is 70.3 Å². The molecule has 140 valence electrons. The number of carbonyl (C=O) groups excluding carboxylic acids is 1. The average Bonchev–Trinajstić information content (AvgIpc) is 3.06. The highest BCUT2D eigenvalue weighted by atomic mass is 79.9. The monoisotopic (exact) mass is 432 g/mol. The summed E-state index contributed by atoms with van der Waals surface area (Å²) < 4.78 is 21.1. The van der Waals surface area contributed by atoms with Crippen molar-refractivity contribution >= 4 is 21.8 Å². The predicted molar refractivity (Wildman–Crippen MR) is 102 cm³/mol. The van der Waals surface area contributed by atoms with Crippen molar-refractivity contribution < 1.29 is 13.9 Å². The number of hydrogen-bond acceptors (Lipinski definition) is 4. The molecule has 0 radical (unpaired) electrons. The Morgan fingerprint density at radius 2 is 2.22 bits per heavy atom. The van der Waals surface area contributed by atoms with Gasteiger partial charge in [0.2, 0.25) is 5.88 Å². The molecule has 0 atom stereocenters. The number of amides is 1. The molecule has 1 N–H and O–H groups in total. The number of benzene rings is 1. The molecule has 1 amide bonds. The smallest absolute Gasteiger partial charge is 0.256 e. The number of hydrogen-bond donors (Lipinski definition) is 1. The maximum Gasteiger partial charge on any atom is 0.256 e. The molecule has 3 aromatic rings. The molecule has 0 bridgehead atoms. The van der Waals surface area contributed by atoms with Crippen LogP contribution in [0.2, 0.25) is 0 Å². The summed E-state index contributed by atoms with van der Waals surface area (Å²) in [7, 11) is 1.87. The normalized spacial score (nSPS) is 10.6. The van der Waals surface area contributed by atoms with E-state index in [2.05, 4.69) is 31.3 Å². The molecule has 0 aliphatic heterocycles. The summed E-state index contributed by atoms with van der Waals surface area (Å²) in [5, 5.41) is 6.99. The first-order valence-corrected chi connectivity index (χ1v) is 9.16. The Labute approximate surface area is 164 Å². The van der Waals surface area contributed by atoms with E-state index in [0.717, 1.165) is 18.4 Å². The number of nitrogens with zero attached hydrogens (tertiary/aromatic N) is 3. The van der Waals surface area contributed by atoms with Crippen molar-refractivity contribution in [2.45, 2.75) is 12.8 Å². The molecule has 2 heterocycles. The van der Waals surface area contributed by atoms with Crippen LogP contribution < -0.4 is 10.1 Å². The minimum atomic E-state index is -0.387. The second-order valence-electron chi connectivity index (χ2n) is 5.91. The molecule has 0 spiro atoms. The molecule has 8 heteroatoms. The Morgan fingerprint density at radius 1 is 1.37 bits per heavy atom. The van der Waals surface area contributed by atoms with Gasteiger partial charge in [-0.05, 0) is 64.7 Å². The number of ether oxygens (including phenoxy) is 1. The summed E-state index contributed by atoms with van der Waals surface area (Å²) in [6.45, 7) is 0.516. The zero-order chi connectivity index (χ0) is 19.2. The van der Waals surface area contributed by atoms with Gasteiger partial charge in [0.05, 0.1) is 10.7 Å². The lowest BCUT2D eigenvalue weighted by molar-refractivity contribution is 0.0950. The number of carbonyl (C=O) groups is 1. The standard InChI is InChI=1S/C19H18BrFN4O2/c1-25-12-13(11-24-25)4-2-8-22-18(26)15-5-3-9-23-19(15)27-17-7-6-14(21)10-16(17)20/h3,5-7,9-12H,2,4,8H2,1H3,(H,22,26). The van der Waals surface area contributed by atoms with Crippen molar-refractivity contribution in [3.63, 3.8) is 0 Å². The van der Waals surface area contributed by atoms with E-state index in [1.807, 2.05) is 19.4 Å². The average molecular weight is 433 g/mol. The van der Waals surface area contributed by atoms with E-state index in [-0.39, 0.29) is 17.6 Å². The largest absolute Gasteiger partial charge is 0.437 e. The Kier molecular flexibility index (Phi) is 6.18. The Balaban J connectivity index is 1.61. The van der Waals surface area contributed by atoms with Crippen LogP contribution in [0.5, 0.6) is 11.6 Å². The molecular formula is C19H18BrFN4O2. The van der Waals surface area contributed by atoms with Crippen LogP contribution in [0.1, 0.15) is 22.3 Å². The number of halogens is 2. The molecular weight excluding hydrogens is 415 g/mol. The Bertz CT molecular complexity index is 945. The summed E-state index contributed by atoms with van der Waals surface area (Å²) in [4.78, 5) is 16.6. The van der Waals surface area contributed by atoms with E-state index in [4.69, 9.17) is 4.74 Å². The molecule has 0 aliphatic rings. The third-order valence-electron chi connectivity index (χ3n) is 3.80. The third kappa shape index (κ3) is 5.13. The molecule has 0 unspecified atom stereocenters. The summed E-state index contributed by atoms with van der Waals surface area (Å²) in [6, 6.07) is 7.34. The summed E-state index contributed by atoms with van der Waals surface area (Å²) in [5.74, 6) is -0.125. The fourth-order valence-electron chi connectivity index (χ4n) is 2.50. The van der Waals surface area contributed by atoms with Gasteiger partial charge in [0, 0.05) is 26.0 Å². The van der Waals surface area contributed by atoms with E-state index < -0.39 is 0 Å². The van der Waals surface area contributed by atoms with Crippen LogP contribution in [0.15, 0.2) is 53.4 Å². The van der Waals surface area contributed by atoms with Gasteiger partial charge in [0.25, 0.3) is 5.91 Å². The highest BCUT2D eigenvalue weighted by Gasteiger charge is 2.15. The van der Waals surface area contributed by atoms with Crippen molar-refractivity contribution in [2.75, 3.05) is 6.54 Å². The van der Waals surface area contributed by atoms with Gasteiger partial charge in [-0.1, -0.05) is 0 Å². The van der Waals surface area contributed by atoms with Crippen LogP contribution in [-0.4, -0.2) is 27.2 Å². The number of aryl methyl sites for hydroxylation is 2. The van der Waals surface area contributed by atoms with Crippen molar-refractivity contribution in [2.24, 2.45) is 7.05 Å².